The van der Waals surface area contributed by atoms with E-state index in [-0.39, 0.29) is 24.8 Å². The van der Waals surface area contributed by atoms with Crippen molar-refractivity contribution in [2.45, 2.75) is 12.8 Å². The van der Waals surface area contributed by atoms with Gasteiger partial charge in [-0.2, -0.15) is 0 Å². The number of carbonyl (C=O) groups is 2. The molecule has 0 saturated heterocycles. The average molecular weight is 410 g/mol. The SMILES string of the molecule is O=C1c2ccccc2C(=O)c2c1c(NCCCO)c1ccsc1c2NCCCO. The van der Waals surface area contributed by atoms with E-state index in [0.717, 1.165) is 10.1 Å². The molecule has 3 aromatic rings. The van der Waals surface area contributed by atoms with Gasteiger partial charge in [0.05, 0.1) is 27.2 Å². The Morgan fingerprint density at radius 3 is 1.93 bits per heavy atom. The molecule has 0 amide bonds. The van der Waals surface area contributed by atoms with Gasteiger partial charge in [0.15, 0.2) is 11.6 Å². The van der Waals surface area contributed by atoms with Gasteiger partial charge in [-0.1, -0.05) is 24.3 Å². The molecular weight excluding hydrogens is 388 g/mol. The molecule has 29 heavy (non-hydrogen) atoms. The fourth-order valence-corrected chi connectivity index (χ4v) is 4.67. The first-order valence-electron chi connectivity index (χ1n) is 9.64. The molecule has 4 N–H and O–H groups in total. The number of hydrogen-bond donors (Lipinski definition) is 4. The topological polar surface area (TPSA) is 98.7 Å². The van der Waals surface area contributed by atoms with Crippen LogP contribution in [0.15, 0.2) is 35.7 Å². The number of nitrogens with one attached hydrogen (secondary N) is 2. The van der Waals surface area contributed by atoms with Crippen LogP contribution >= 0.6 is 11.3 Å². The summed E-state index contributed by atoms with van der Waals surface area (Å²) in [6.45, 7) is 1.07. The van der Waals surface area contributed by atoms with Gasteiger partial charge in [-0.05, 0) is 24.3 Å². The van der Waals surface area contributed by atoms with Crippen molar-refractivity contribution >= 4 is 44.4 Å². The lowest BCUT2D eigenvalue weighted by molar-refractivity contribution is 0.0980. The summed E-state index contributed by atoms with van der Waals surface area (Å²) in [5.74, 6) is -0.359. The van der Waals surface area contributed by atoms with Gasteiger partial charge in [0, 0.05) is 42.8 Å². The number of fused-ring (bicyclic) bond motifs is 3. The van der Waals surface area contributed by atoms with E-state index in [9.17, 15) is 9.59 Å². The predicted octanol–water partition coefficient (Wildman–Crippen LogP) is 3.27. The van der Waals surface area contributed by atoms with Crippen LogP contribution in [0.25, 0.3) is 10.1 Å². The molecule has 0 fully saturated rings. The molecule has 0 unspecified atom stereocenters. The van der Waals surface area contributed by atoms with Crippen LogP contribution in [0.2, 0.25) is 0 Å². The van der Waals surface area contributed by atoms with Gasteiger partial charge in [0.25, 0.3) is 0 Å². The number of rotatable bonds is 8. The third-order valence-corrected chi connectivity index (χ3v) is 5.99. The fraction of sp³-hybridized carbons (Fsp3) is 0.273. The van der Waals surface area contributed by atoms with Crippen molar-refractivity contribution in [1.82, 2.24) is 0 Å². The largest absolute Gasteiger partial charge is 0.396 e. The van der Waals surface area contributed by atoms with Crippen molar-refractivity contribution < 1.29 is 19.8 Å². The molecular formula is C22H22N2O4S. The smallest absolute Gasteiger partial charge is 0.196 e. The van der Waals surface area contributed by atoms with E-state index in [1.807, 2.05) is 11.4 Å². The summed E-state index contributed by atoms with van der Waals surface area (Å²) in [5, 5.41) is 27.7. The molecule has 1 aromatic heterocycles. The number of aliphatic hydroxyl groups excluding tert-OH is 2. The predicted molar refractivity (Wildman–Crippen MR) is 116 cm³/mol. The van der Waals surface area contributed by atoms with Crippen molar-refractivity contribution in [2.75, 3.05) is 36.9 Å². The Balaban J connectivity index is 1.97. The summed E-state index contributed by atoms with van der Waals surface area (Å²) >= 11 is 1.50. The molecule has 150 valence electrons. The maximum atomic E-state index is 13.5. The molecule has 7 heteroatoms. The van der Waals surface area contributed by atoms with E-state index >= 15 is 0 Å². The zero-order valence-electron chi connectivity index (χ0n) is 15.8. The molecule has 1 aliphatic rings. The first-order valence-corrected chi connectivity index (χ1v) is 10.5. The summed E-state index contributed by atoms with van der Waals surface area (Å²) in [5.41, 5.74) is 2.87. The van der Waals surface area contributed by atoms with Crippen molar-refractivity contribution in [3.05, 3.63) is 58.0 Å². The van der Waals surface area contributed by atoms with E-state index in [4.69, 9.17) is 10.2 Å². The number of thiophene rings is 1. The number of ketones is 2. The highest BCUT2D eigenvalue weighted by molar-refractivity contribution is 7.18. The first-order chi connectivity index (χ1) is 14.2. The number of benzene rings is 2. The van der Waals surface area contributed by atoms with Crippen LogP contribution < -0.4 is 10.6 Å². The van der Waals surface area contributed by atoms with Crippen molar-refractivity contribution in [1.29, 1.82) is 0 Å². The Morgan fingerprint density at radius 1 is 0.793 bits per heavy atom. The maximum Gasteiger partial charge on any atom is 0.196 e. The second-order valence-corrected chi connectivity index (χ2v) is 7.79. The minimum Gasteiger partial charge on any atom is -0.396 e. The molecule has 0 atom stereocenters. The Hall–Kier alpha value is -2.74. The lowest BCUT2D eigenvalue weighted by Gasteiger charge is -2.25. The lowest BCUT2D eigenvalue weighted by atomic mass is 9.81. The van der Waals surface area contributed by atoms with Crippen LogP contribution in [0.3, 0.4) is 0 Å². The highest BCUT2D eigenvalue weighted by Gasteiger charge is 2.35. The van der Waals surface area contributed by atoms with Crippen LogP contribution in [0.4, 0.5) is 11.4 Å². The Bertz CT molecular complexity index is 1010. The molecule has 1 heterocycles. The van der Waals surface area contributed by atoms with Gasteiger partial charge in [-0.15, -0.1) is 11.3 Å². The van der Waals surface area contributed by atoms with Crippen molar-refractivity contribution in [2.24, 2.45) is 0 Å². The maximum absolute atomic E-state index is 13.5. The second-order valence-electron chi connectivity index (χ2n) is 6.88. The summed E-state index contributed by atoms with van der Waals surface area (Å²) in [7, 11) is 0. The Labute approximate surface area is 172 Å². The zero-order chi connectivity index (χ0) is 20.4. The van der Waals surface area contributed by atoms with Crippen LogP contribution in [0.1, 0.15) is 44.7 Å². The molecule has 4 rings (SSSR count). The van der Waals surface area contributed by atoms with Crippen molar-refractivity contribution in [3.8, 4) is 0 Å². The van der Waals surface area contributed by atoms with Crippen molar-refractivity contribution in [3.63, 3.8) is 0 Å². The molecule has 6 nitrogen and oxygen atoms in total. The molecule has 2 aromatic carbocycles. The summed E-state index contributed by atoms with van der Waals surface area (Å²) in [6.07, 6.45) is 1.08. The third kappa shape index (κ3) is 3.31. The van der Waals surface area contributed by atoms with Crippen LogP contribution in [0, 0.1) is 0 Å². The molecule has 0 saturated carbocycles. The molecule has 1 aliphatic carbocycles. The zero-order valence-corrected chi connectivity index (χ0v) is 16.6. The van der Waals surface area contributed by atoms with Gasteiger partial charge < -0.3 is 20.8 Å². The Kier molecular flexibility index (Phi) is 5.62. The van der Waals surface area contributed by atoms with E-state index in [1.165, 1.54) is 11.3 Å². The standard InChI is InChI=1S/C22H22N2O4S/c25-10-3-8-23-18-15-7-12-29-22(15)19(24-9-4-11-26)17-16(18)20(27)13-5-1-2-6-14(13)21(17)28/h1-2,5-7,12,23-26H,3-4,8-11H2. The first kappa shape index (κ1) is 19.6. The highest BCUT2D eigenvalue weighted by atomic mass is 32.1. The van der Waals surface area contributed by atoms with Gasteiger partial charge in [-0.3, -0.25) is 9.59 Å². The molecule has 0 bridgehead atoms. The summed E-state index contributed by atoms with van der Waals surface area (Å²) < 4.78 is 0.897. The van der Waals surface area contributed by atoms with E-state index in [2.05, 4.69) is 10.6 Å². The van der Waals surface area contributed by atoms with E-state index in [1.54, 1.807) is 24.3 Å². The minimum absolute atomic E-state index is 0.0402. The third-order valence-electron chi connectivity index (χ3n) is 5.06. The summed E-state index contributed by atoms with van der Waals surface area (Å²) in [6, 6.07) is 8.84. The van der Waals surface area contributed by atoms with Gasteiger partial charge in [0.1, 0.15) is 0 Å². The Morgan fingerprint density at radius 2 is 1.34 bits per heavy atom. The number of hydrogen-bond acceptors (Lipinski definition) is 7. The minimum atomic E-state index is -0.181. The van der Waals surface area contributed by atoms with Gasteiger partial charge >= 0.3 is 0 Å². The highest BCUT2D eigenvalue weighted by Crippen LogP contribution is 2.45. The van der Waals surface area contributed by atoms with Gasteiger partial charge in [-0.25, -0.2) is 0 Å². The normalized spacial score (nSPS) is 12.8. The van der Waals surface area contributed by atoms with E-state index in [0.29, 0.717) is 59.6 Å². The second kappa shape index (κ2) is 8.32. The van der Waals surface area contributed by atoms with E-state index < -0.39 is 0 Å². The fourth-order valence-electron chi connectivity index (χ4n) is 3.74. The van der Waals surface area contributed by atoms with Gasteiger partial charge in [0.2, 0.25) is 0 Å². The quantitative estimate of drug-likeness (QED) is 0.263. The molecule has 0 aliphatic heterocycles. The van der Waals surface area contributed by atoms with Crippen LogP contribution in [-0.4, -0.2) is 48.1 Å². The average Bonchev–Trinajstić information content (AvgIpc) is 3.23. The van der Waals surface area contributed by atoms with Crippen LogP contribution in [0.5, 0.6) is 0 Å². The molecule has 0 radical (unpaired) electrons. The summed E-state index contributed by atoms with van der Waals surface area (Å²) in [4.78, 5) is 26.9. The number of aliphatic hydroxyl groups is 2. The number of anilines is 2. The number of carbonyl (C=O) groups excluding carboxylic acids is 2. The lowest BCUT2D eigenvalue weighted by Crippen LogP contribution is -2.25. The van der Waals surface area contributed by atoms with Crippen LogP contribution in [-0.2, 0) is 0 Å². The monoisotopic (exact) mass is 410 g/mol. The molecule has 0 spiro atoms.